The molecule has 0 aliphatic heterocycles. The normalized spacial score (nSPS) is 14.2. The van der Waals surface area contributed by atoms with Crippen LogP contribution in [0.2, 0.25) is 0 Å². The van der Waals surface area contributed by atoms with E-state index in [0.717, 1.165) is 0 Å². The molecule has 0 aliphatic carbocycles. The van der Waals surface area contributed by atoms with Crippen LogP contribution in [0, 0.1) is 0 Å². The first kappa shape index (κ1) is 12.2. The lowest BCUT2D eigenvalue weighted by Gasteiger charge is -2.11. The second-order valence-electron chi connectivity index (χ2n) is 3.59. The fourth-order valence-electron chi connectivity index (χ4n) is 1.47. The van der Waals surface area contributed by atoms with Gasteiger partial charge in [-0.1, -0.05) is 60.7 Å². The Bertz CT molecular complexity index is 409. The molecule has 0 saturated heterocycles. The molecule has 2 aromatic carbocycles. The molecule has 0 spiro atoms. The van der Waals surface area contributed by atoms with Gasteiger partial charge in [-0.05, 0) is 10.4 Å². The Balaban J connectivity index is 2.02. The highest BCUT2D eigenvalue weighted by molar-refractivity contribution is 6.73. The predicted molar refractivity (Wildman–Crippen MR) is 69.8 cm³/mol. The molecule has 5 heteroatoms. The highest BCUT2D eigenvalue weighted by Crippen LogP contribution is 1.98. The standard InChI is InChI=1S/C12H12F2OSi2/c13-16(11-7-3-1-4-8-11)15-17(14)12-9-5-2-6-10-12/h1-10,16-17H. The molecule has 0 saturated carbocycles. The van der Waals surface area contributed by atoms with E-state index in [1.807, 2.05) is 0 Å². The summed E-state index contributed by atoms with van der Waals surface area (Å²) in [5.74, 6) is 0. The number of benzene rings is 2. The molecule has 2 unspecified atom stereocenters. The van der Waals surface area contributed by atoms with Crippen LogP contribution in [0.1, 0.15) is 0 Å². The summed E-state index contributed by atoms with van der Waals surface area (Å²) in [6.07, 6.45) is 0. The van der Waals surface area contributed by atoms with E-state index in [1.165, 1.54) is 0 Å². The van der Waals surface area contributed by atoms with Crippen LogP contribution in [-0.4, -0.2) is 18.7 Å². The van der Waals surface area contributed by atoms with Crippen LogP contribution in [0.15, 0.2) is 60.7 Å². The van der Waals surface area contributed by atoms with Crippen LogP contribution in [0.5, 0.6) is 0 Å². The first-order chi connectivity index (χ1) is 8.27. The van der Waals surface area contributed by atoms with Crippen LogP contribution in [0.4, 0.5) is 8.22 Å². The zero-order valence-electron chi connectivity index (χ0n) is 9.09. The lowest BCUT2D eigenvalue weighted by atomic mass is 10.4. The maximum atomic E-state index is 13.8. The van der Waals surface area contributed by atoms with Gasteiger partial charge in [0, 0.05) is 0 Å². The van der Waals surface area contributed by atoms with Crippen LogP contribution in [0.25, 0.3) is 0 Å². The first-order valence-corrected chi connectivity index (χ1v) is 8.28. The zero-order valence-corrected chi connectivity index (χ0v) is 11.4. The highest BCUT2D eigenvalue weighted by Gasteiger charge is 2.22. The van der Waals surface area contributed by atoms with Gasteiger partial charge < -0.3 is 4.12 Å². The van der Waals surface area contributed by atoms with E-state index in [4.69, 9.17) is 4.12 Å². The van der Waals surface area contributed by atoms with Crippen molar-refractivity contribution in [3.8, 4) is 0 Å². The number of halogens is 2. The third-order valence-corrected chi connectivity index (χ3v) is 6.09. The number of hydrogen-bond donors (Lipinski definition) is 0. The first-order valence-electron chi connectivity index (χ1n) is 5.31. The molecule has 17 heavy (non-hydrogen) atoms. The van der Waals surface area contributed by atoms with Crippen molar-refractivity contribution in [1.29, 1.82) is 0 Å². The third kappa shape index (κ3) is 3.32. The molecule has 88 valence electrons. The monoisotopic (exact) mass is 266 g/mol. The fraction of sp³-hybridized carbons (Fsp3) is 0. The van der Waals surface area contributed by atoms with Gasteiger partial charge in [-0.15, -0.1) is 0 Å². The minimum Gasteiger partial charge on any atom is -0.406 e. The average molecular weight is 266 g/mol. The minimum atomic E-state index is -3.10. The number of rotatable bonds is 4. The van der Waals surface area contributed by atoms with Gasteiger partial charge in [0.15, 0.2) is 0 Å². The van der Waals surface area contributed by atoms with Gasteiger partial charge in [0.05, 0.1) is 0 Å². The molecule has 0 bridgehead atoms. The molecular formula is C12H12F2OSi2. The second kappa shape index (κ2) is 5.85. The molecule has 1 nitrogen and oxygen atoms in total. The van der Waals surface area contributed by atoms with Crippen molar-refractivity contribution in [2.75, 3.05) is 0 Å². The molecule has 0 aliphatic rings. The van der Waals surface area contributed by atoms with Gasteiger partial charge >= 0.3 is 18.7 Å². The van der Waals surface area contributed by atoms with Gasteiger partial charge in [-0.25, -0.2) is 0 Å². The quantitative estimate of drug-likeness (QED) is 0.597. The van der Waals surface area contributed by atoms with E-state index < -0.39 is 18.7 Å². The Morgan fingerprint density at radius 3 is 1.35 bits per heavy atom. The zero-order chi connectivity index (χ0) is 12.1. The van der Waals surface area contributed by atoms with Crippen LogP contribution in [-0.2, 0) is 4.12 Å². The Morgan fingerprint density at radius 1 is 0.647 bits per heavy atom. The Kier molecular flexibility index (Phi) is 4.19. The molecular weight excluding hydrogens is 254 g/mol. The fourth-order valence-corrected chi connectivity index (χ4v) is 4.62. The van der Waals surface area contributed by atoms with Crippen molar-refractivity contribution < 1.29 is 12.3 Å². The van der Waals surface area contributed by atoms with Gasteiger partial charge in [0.25, 0.3) is 0 Å². The largest absolute Gasteiger partial charge is 0.406 e. The SMILES string of the molecule is F[SiH](O[SiH](F)c1ccccc1)c1ccccc1. The smallest absolute Gasteiger partial charge is 0.392 e. The molecule has 0 radical (unpaired) electrons. The number of hydrogen-bond acceptors (Lipinski definition) is 1. The summed E-state index contributed by atoms with van der Waals surface area (Å²) in [6, 6.07) is 17.1. The summed E-state index contributed by atoms with van der Waals surface area (Å²) in [5, 5.41) is 0.970. The molecule has 2 atom stereocenters. The average Bonchev–Trinajstić information content (AvgIpc) is 2.40. The Labute approximate surface area is 102 Å². The summed E-state index contributed by atoms with van der Waals surface area (Å²) >= 11 is 0. The van der Waals surface area contributed by atoms with E-state index in [2.05, 4.69) is 0 Å². The van der Waals surface area contributed by atoms with Crippen molar-refractivity contribution in [2.45, 2.75) is 0 Å². The van der Waals surface area contributed by atoms with Crippen molar-refractivity contribution in [2.24, 2.45) is 0 Å². The third-order valence-electron chi connectivity index (χ3n) is 2.36. The maximum Gasteiger partial charge on any atom is 0.392 e. The van der Waals surface area contributed by atoms with Crippen molar-refractivity contribution >= 4 is 29.1 Å². The van der Waals surface area contributed by atoms with Crippen molar-refractivity contribution in [1.82, 2.24) is 0 Å². The Morgan fingerprint density at radius 2 is 1.00 bits per heavy atom. The van der Waals surface area contributed by atoms with Gasteiger partial charge in [0.1, 0.15) is 0 Å². The summed E-state index contributed by atoms with van der Waals surface area (Å²) in [5.41, 5.74) is 0. The van der Waals surface area contributed by atoms with E-state index in [0.29, 0.717) is 10.4 Å². The van der Waals surface area contributed by atoms with Crippen LogP contribution in [0.3, 0.4) is 0 Å². The minimum absolute atomic E-state index is 0.485. The van der Waals surface area contributed by atoms with E-state index in [-0.39, 0.29) is 0 Å². The predicted octanol–water partition coefficient (Wildman–Crippen LogP) is 1.20. The Hall–Kier alpha value is -1.31. The van der Waals surface area contributed by atoms with Gasteiger partial charge in [0.2, 0.25) is 0 Å². The van der Waals surface area contributed by atoms with Crippen molar-refractivity contribution in [3.05, 3.63) is 60.7 Å². The maximum absolute atomic E-state index is 13.8. The second-order valence-corrected chi connectivity index (χ2v) is 7.28. The molecule has 0 aromatic heterocycles. The summed E-state index contributed by atoms with van der Waals surface area (Å²) < 4.78 is 32.5. The highest BCUT2D eigenvalue weighted by atomic mass is 28.4. The van der Waals surface area contributed by atoms with Gasteiger partial charge in [-0.2, -0.15) is 0 Å². The molecule has 2 aromatic rings. The summed E-state index contributed by atoms with van der Waals surface area (Å²) in [4.78, 5) is 0. The topological polar surface area (TPSA) is 9.23 Å². The van der Waals surface area contributed by atoms with E-state index in [1.54, 1.807) is 60.7 Å². The molecule has 0 heterocycles. The molecule has 0 amide bonds. The summed E-state index contributed by atoms with van der Waals surface area (Å²) in [7, 11) is -6.20. The summed E-state index contributed by atoms with van der Waals surface area (Å²) in [6.45, 7) is 0. The molecule has 0 N–H and O–H groups in total. The lowest BCUT2D eigenvalue weighted by molar-refractivity contribution is 0.487. The van der Waals surface area contributed by atoms with Crippen LogP contribution < -0.4 is 10.4 Å². The van der Waals surface area contributed by atoms with Crippen LogP contribution >= 0.6 is 0 Å². The van der Waals surface area contributed by atoms with Crippen molar-refractivity contribution in [3.63, 3.8) is 0 Å². The lowest BCUT2D eigenvalue weighted by Crippen LogP contribution is -2.39. The molecule has 0 fully saturated rings. The van der Waals surface area contributed by atoms with E-state index in [9.17, 15) is 8.22 Å². The van der Waals surface area contributed by atoms with E-state index >= 15 is 0 Å². The van der Waals surface area contributed by atoms with Gasteiger partial charge in [-0.3, -0.25) is 8.22 Å². The molecule has 2 rings (SSSR count).